The molecule has 0 aliphatic carbocycles. The number of halogens is 3. The van der Waals surface area contributed by atoms with Crippen LogP contribution in [-0.2, 0) is 17.4 Å². The molecule has 2 unspecified atom stereocenters. The molecule has 0 saturated carbocycles. The molecule has 1 fully saturated rings. The fraction of sp³-hybridized carbons (Fsp3) is 0.357. The van der Waals surface area contributed by atoms with Crippen LogP contribution in [0.3, 0.4) is 0 Å². The zero-order chi connectivity index (χ0) is 26.4. The van der Waals surface area contributed by atoms with Crippen molar-refractivity contribution in [2.24, 2.45) is 5.41 Å². The van der Waals surface area contributed by atoms with Crippen molar-refractivity contribution >= 4 is 0 Å². The highest BCUT2D eigenvalue weighted by molar-refractivity contribution is 5.45. The van der Waals surface area contributed by atoms with Gasteiger partial charge < -0.3 is 15.1 Å². The van der Waals surface area contributed by atoms with Crippen LogP contribution in [-0.4, -0.2) is 45.2 Å². The van der Waals surface area contributed by atoms with Gasteiger partial charge in [0.1, 0.15) is 5.60 Å². The van der Waals surface area contributed by atoms with E-state index in [1.54, 1.807) is 25.1 Å². The Kier molecular flexibility index (Phi) is 6.46. The van der Waals surface area contributed by atoms with Gasteiger partial charge in [-0.3, -0.25) is 9.97 Å². The van der Waals surface area contributed by atoms with Gasteiger partial charge in [-0.05, 0) is 56.8 Å². The highest BCUT2D eigenvalue weighted by Gasteiger charge is 2.55. The van der Waals surface area contributed by atoms with E-state index in [1.165, 1.54) is 24.5 Å². The lowest BCUT2D eigenvalue weighted by Gasteiger charge is -2.55. The molecular weight excluding hydrogens is 467 g/mol. The maximum atomic E-state index is 13.2. The van der Waals surface area contributed by atoms with Crippen LogP contribution in [0.4, 0.5) is 13.2 Å². The molecule has 2 N–H and O–H groups in total. The molecule has 5 nitrogen and oxygen atoms in total. The maximum Gasteiger partial charge on any atom is 0.416 e. The Hall–Kier alpha value is -3.25. The molecule has 3 aromatic rings. The lowest BCUT2D eigenvalue weighted by molar-refractivity contribution is -0.138. The third-order valence-corrected chi connectivity index (χ3v) is 6.73. The van der Waals surface area contributed by atoms with E-state index in [2.05, 4.69) is 21.8 Å². The Balaban J connectivity index is 1.76. The summed E-state index contributed by atoms with van der Waals surface area (Å²) >= 11 is 0. The van der Waals surface area contributed by atoms with Crippen molar-refractivity contribution in [3.8, 4) is 11.8 Å². The van der Waals surface area contributed by atoms with E-state index in [-0.39, 0.29) is 0 Å². The number of nitrogens with zero attached hydrogens (tertiary/aromatic N) is 3. The average Bonchev–Trinajstić information content (AvgIpc) is 2.81. The van der Waals surface area contributed by atoms with E-state index in [0.717, 1.165) is 17.8 Å². The van der Waals surface area contributed by atoms with E-state index in [9.17, 15) is 23.4 Å². The Morgan fingerprint density at radius 2 is 1.61 bits per heavy atom. The van der Waals surface area contributed by atoms with Crippen molar-refractivity contribution in [3.63, 3.8) is 0 Å². The smallest absolute Gasteiger partial charge is 0.380 e. The van der Waals surface area contributed by atoms with Gasteiger partial charge in [-0.25, -0.2) is 0 Å². The highest BCUT2D eigenvalue weighted by atomic mass is 19.4. The molecule has 8 heteroatoms. The van der Waals surface area contributed by atoms with E-state index in [4.69, 9.17) is 0 Å². The number of aromatic nitrogens is 2. The third-order valence-electron chi connectivity index (χ3n) is 6.73. The standard InChI is InChI=1S/C28H28F3N3O2/c1-19-6-5-7-24(33-19)26(3,35)13-12-20-14-23(16-32-15-20)27(36,25(2)17-34(4)18-25)21-8-10-22(11-9-21)28(29,30)31/h5-11,14-16,35-36H,17-18H2,1-4H3. The minimum absolute atomic E-state index is 0.342. The van der Waals surface area contributed by atoms with E-state index in [0.29, 0.717) is 35.5 Å². The van der Waals surface area contributed by atoms with Gasteiger partial charge in [0.2, 0.25) is 0 Å². The van der Waals surface area contributed by atoms with Crippen molar-refractivity contribution < 1.29 is 23.4 Å². The number of aliphatic hydroxyl groups is 2. The summed E-state index contributed by atoms with van der Waals surface area (Å²) in [6.45, 7) is 6.34. The summed E-state index contributed by atoms with van der Waals surface area (Å²) in [5.74, 6) is 5.74. The first-order valence-electron chi connectivity index (χ1n) is 11.5. The van der Waals surface area contributed by atoms with Crippen LogP contribution in [0.15, 0.2) is 60.9 Å². The van der Waals surface area contributed by atoms with Crippen molar-refractivity contribution in [2.75, 3.05) is 20.1 Å². The Bertz CT molecular complexity index is 1320. The van der Waals surface area contributed by atoms with Gasteiger partial charge >= 0.3 is 6.18 Å². The van der Waals surface area contributed by atoms with Crippen molar-refractivity contribution in [3.05, 3.63) is 94.6 Å². The Labute approximate surface area is 208 Å². The molecule has 1 saturated heterocycles. The van der Waals surface area contributed by atoms with E-state index in [1.807, 2.05) is 31.9 Å². The molecule has 0 radical (unpaired) electrons. The van der Waals surface area contributed by atoms with Crippen LogP contribution < -0.4 is 0 Å². The second-order valence-electron chi connectivity index (χ2n) is 9.97. The number of rotatable bonds is 4. The topological polar surface area (TPSA) is 69.5 Å². The van der Waals surface area contributed by atoms with Gasteiger partial charge in [-0.2, -0.15) is 13.2 Å². The van der Waals surface area contributed by atoms with Crippen LogP contribution in [0.2, 0.25) is 0 Å². The number of benzene rings is 1. The fourth-order valence-electron chi connectivity index (χ4n) is 4.92. The summed E-state index contributed by atoms with van der Waals surface area (Å²) in [5.41, 5.74) is -2.23. The lowest BCUT2D eigenvalue weighted by Crippen LogP contribution is -2.63. The number of pyridine rings is 2. The monoisotopic (exact) mass is 495 g/mol. The molecule has 2 aromatic heterocycles. The number of likely N-dealkylation sites (tertiary alicyclic amines) is 1. The Morgan fingerprint density at radius 3 is 2.19 bits per heavy atom. The summed E-state index contributed by atoms with van der Waals surface area (Å²) in [7, 11) is 1.91. The van der Waals surface area contributed by atoms with Gasteiger partial charge in [-0.15, -0.1) is 0 Å². The third kappa shape index (κ3) is 4.74. The molecule has 1 aromatic carbocycles. The second-order valence-corrected chi connectivity index (χ2v) is 9.97. The molecule has 0 spiro atoms. The van der Waals surface area contributed by atoms with Gasteiger partial charge in [0.25, 0.3) is 0 Å². The average molecular weight is 496 g/mol. The molecule has 188 valence electrons. The van der Waals surface area contributed by atoms with Gasteiger partial charge in [0, 0.05) is 47.7 Å². The molecular formula is C28H28F3N3O2. The molecule has 36 heavy (non-hydrogen) atoms. The largest absolute Gasteiger partial charge is 0.416 e. The molecule has 4 rings (SSSR count). The van der Waals surface area contributed by atoms with Crippen LogP contribution >= 0.6 is 0 Å². The molecule has 0 bridgehead atoms. The molecule has 3 heterocycles. The van der Waals surface area contributed by atoms with Crippen molar-refractivity contribution in [1.82, 2.24) is 14.9 Å². The van der Waals surface area contributed by atoms with Crippen LogP contribution in [0, 0.1) is 24.2 Å². The fourth-order valence-corrected chi connectivity index (χ4v) is 4.92. The normalized spacial score (nSPS) is 18.8. The quantitative estimate of drug-likeness (QED) is 0.530. The van der Waals surface area contributed by atoms with Crippen LogP contribution in [0.25, 0.3) is 0 Å². The van der Waals surface area contributed by atoms with Crippen LogP contribution in [0.1, 0.15) is 47.5 Å². The number of alkyl halides is 3. The highest BCUT2D eigenvalue weighted by Crippen LogP contribution is 2.50. The summed E-state index contributed by atoms with van der Waals surface area (Å²) in [5, 5.41) is 23.0. The lowest BCUT2D eigenvalue weighted by atomic mass is 9.62. The zero-order valence-electron chi connectivity index (χ0n) is 20.6. The van der Waals surface area contributed by atoms with Gasteiger partial charge in [0.15, 0.2) is 5.60 Å². The van der Waals surface area contributed by atoms with Gasteiger partial charge in [-0.1, -0.05) is 37.0 Å². The SMILES string of the molecule is Cc1cccc(C(C)(O)C#Cc2cncc(C(O)(c3ccc(C(F)(F)F)cc3)C3(C)CN(C)C3)c2)n1. The zero-order valence-corrected chi connectivity index (χ0v) is 20.6. The summed E-state index contributed by atoms with van der Waals surface area (Å²) in [6.07, 6.45) is -1.46. The first kappa shape index (κ1) is 25.8. The maximum absolute atomic E-state index is 13.2. The number of hydrogen-bond acceptors (Lipinski definition) is 5. The van der Waals surface area contributed by atoms with Crippen molar-refractivity contribution in [2.45, 2.75) is 38.1 Å². The summed E-state index contributed by atoms with van der Waals surface area (Å²) in [6, 6.07) is 11.6. The van der Waals surface area contributed by atoms with Crippen molar-refractivity contribution in [1.29, 1.82) is 0 Å². The summed E-state index contributed by atoms with van der Waals surface area (Å²) < 4.78 is 39.5. The van der Waals surface area contributed by atoms with Crippen LogP contribution in [0.5, 0.6) is 0 Å². The second kappa shape index (κ2) is 9.00. The van der Waals surface area contributed by atoms with E-state index >= 15 is 0 Å². The molecule has 0 amide bonds. The predicted octanol–water partition coefficient (Wildman–Crippen LogP) is 4.25. The van der Waals surface area contributed by atoms with E-state index < -0.39 is 28.4 Å². The minimum atomic E-state index is -4.47. The summed E-state index contributed by atoms with van der Waals surface area (Å²) in [4.78, 5) is 10.6. The first-order chi connectivity index (χ1) is 16.7. The first-order valence-corrected chi connectivity index (χ1v) is 11.5. The molecule has 1 aliphatic rings. The van der Waals surface area contributed by atoms with Gasteiger partial charge in [0.05, 0.1) is 11.3 Å². The molecule has 2 atom stereocenters. The number of aryl methyl sites for hydroxylation is 1. The molecule has 1 aliphatic heterocycles. The predicted molar refractivity (Wildman–Crippen MR) is 130 cm³/mol. The number of hydrogen-bond donors (Lipinski definition) is 2. The minimum Gasteiger partial charge on any atom is -0.380 e. The Morgan fingerprint density at radius 1 is 0.972 bits per heavy atom.